The predicted molar refractivity (Wildman–Crippen MR) is 78.5 cm³/mol. The minimum absolute atomic E-state index is 0.00186. The van der Waals surface area contributed by atoms with Gasteiger partial charge >= 0.3 is 0 Å². The number of sulfone groups is 1. The van der Waals surface area contributed by atoms with Crippen molar-refractivity contribution in [1.29, 1.82) is 0 Å². The molecule has 1 saturated carbocycles. The minimum Gasteiger partial charge on any atom is -0.380 e. The van der Waals surface area contributed by atoms with Crippen molar-refractivity contribution in [2.45, 2.75) is 30.6 Å². The highest BCUT2D eigenvalue weighted by Gasteiger charge is 2.34. The van der Waals surface area contributed by atoms with Gasteiger partial charge in [-0.3, -0.25) is 0 Å². The first-order valence-corrected chi connectivity index (χ1v) is 8.42. The fourth-order valence-corrected chi connectivity index (χ4v) is 3.95. The molecule has 2 unspecified atom stereocenters. The number of rotatable bonds is 4. The van der Waals surface area contributed by atoms with E-state index >= 15 is 0 Å². The second-order valence-electron chi connectivity index (χ2n) is 5.35. The van der Waals surface area contributed by atoms with Crippen molar-refractivity contribution in [2.75, 3.05) is 30.6 Å². The smallest absolute Gasteiger partial charge is 0.152 e. The summed E-state index contributed by atoms with van der Waals surface area (Å²) in [6, 6.07) is 3.87. The number of hydrogen-bond acceptors (Lipinski definition) is 5. The standard InChI is InChI=1S/C13H21N3O2S/c1-16(2)13-8-7-10(9-14-13)15-11-5-4-6-12(11)19(3,17)18/h7-9,11-12,15H,4-6H2,1-3H3. The largest absolute Gasteiger partial charge is 0.380 e. The number of aromatic nitrogens is 1. The first kappa shape index (κ1) is 14.1. The van der Waals surface area contributed by atoms with Gasteiger partial charge in [-0.2, -0.15) is 0 Å². The molecule has 6 heteroatoms. The first-order chi connectivity index (χ1) is 8.88. The lowest BCUT2D eigenvalue weighted by Crippen LogP contribution is -2.34. The van der Waals surface area contributed by atoms with Gasteiger partial charge in [0.25, 0.3) is 0 Å². The van der Waals surface area contributed by atoms with E-state index in [-0.39, 0.29) is 11.3 Å². The summed E-state index contributed by atoms with van der Waals surface area (Å²) in [5.74, 6) is 0.886. The Kier molecular flexibility index (Phi) is 3.99. The van der Waals surface area contributed by atoms with Gasteiger partial charge < -0.3 is 10.2 Å². The van der Waals surface area contributed by atoms with Gasteiger partial charge in [-0.25, -0.2) is 13.4 Å². The maximum Gasteiger partial charge on any atom is 0.152 e. The molecular formula is C13H21N3O2S. The van der Waals surface area contributed by atoms with Gasteiger partial charge in [-0.15, -0.1) is 0 Å². The van der Waals surface area contributed by atoms with Crippen molar-refractivity contribution < 1.29 is 8.42 Å². The molecule has 2 atom stereocenters. The third-order valence-electron chi connectivity index (χ3n) is 3.56. The van der Waals surface area contributed by atoms with Crippen LogP contribution in [0.15, 0.2) is 18.3 Å². The Bertz CT molecular complexity index is 525. The fraction of sp³-hybridized carbons (Fsp3) is 0.615. The summed E-state index contributed by atoms with van der Waals surface area (Å²) in [4.78, 5) is 6.25. The molecule has 0 aliphatic heterocycles. The average molecular weight is 283 g/mol. The summed E-state index contributed by atoms with van der Waals surface area (Å²) < 4.78 is 23.4. The molecule has 0 amide bonds. The predicted octanol–water partition coefficient (Wildman–Crippen LogP) is 1.53. The lowest BCUT2D eigenvalue weighted by atomic mass is 10.2. The highest BCUT2D eigenvalue weighted by Crippen LogP contribution is 2.28. The van der Waals surface area contributed by atoms with Gasteiger partial charge in [0.2, 0.25) is 0 Å². The average Bonchev–Trinajstić information content (AvgIpc) is 2.77. The van der Waals surface area contributed by atoms with E-state index in [4.69, 9.17) is 0 Å². The van der Waals surface area contributed by atoms with Gasteiger partial charge in [0.1, 0.15) is 5.82 Å². The van der Waals surface area contributed by atoms with Crippen molar-refractivity contribution in [3.8, 4) is 0 Å². The van der Waals surface area contributed by atoms with E-state index in [1.165, 1.54) is 6.26 Å². The molecule has 0 spiro atoms. The molecule has 1 aromatic heterocycles. The molecule has 19 heavy (non-hydrogen) atoms. The molecule has 0 radical (unpaired) electrons. The maximum atomic E-state index is 11.7. The zero-order valence-corrected chi connectivity index (χ0v) is 12.4. The molecule has 0 bridgehead atoms. The van der Waals surface area contributed by atoms with E-state index in [1.807, 2.05) is 31.1 Å². The quantitative estimate of drug-likeness (QED) is 0.908. The van der Waals surface area contributed by atoms with Crippen molar-refractivity contribution in [3.05, 3.63) is 18.3 Å². The summed E-state index contributed by atoms with van der Waals surface area (Å²) in [6.07, 6.45) is 5.68. The first-order valence-electron chi connectivity index (χ1n) is 6.46. The Labute approximate surface area is 114 Å². The lowest BCUT2D eigenvalue weighted by Gasteiger charge is -2.21. The van der Waals surface area contributed by atoms with Crippen molar-refractivity contribution >= 4 is 21.3 Å². The zero-order valence-electron chi connectivity index (χ0n) is 11.6. The number of nitrogens with zero attached hydrogens (tertiary/aromatic N) is 2. The van der Waals surface area contributed by atoms with Crippen LogP contribution in [0.4, 0.5) is 11.5 Å². The topological polar surface area (TPSA) is 62.3 Å². The second kappa shape index (κ2) is 5.36. The molecule has 2 rings (SSSR count). The third kappa shape index (κ3) is 3.37. The zero-order chi connectivity index (χ0) is 14.0. The number of hydrogen-bond donors (Lipinski definition) is 1. The molecule has 0 aromatic carbocycles. The Morgan fingerprint density at radius 1 is 1.32 bits per heavy atom. The van der Waals surface area contributed by atoms with Crippen molar-refractivity contribution in [1.82, 2.24) is 4.98 Å². The summed E-state index contributed by atoms with van der Waals surface area (Å²) in [7, 11) is 0.889. The molecule has 1 N–H and O–H groups in total. The van der Waals surface area contributed by atoms with Crippen LogP contribution in [0.5, 0.6) is 0 Å². The fourth-order valence-electron chi connectivity index (χ4n) is 2.55. The Morgan fingerprint density at radius 3 is 2.58 bits per heavy atom. The summed E-state index contributed by atoms with van der Waals surface area (Å²) in [6.45, 7) is 0. The van der Waals surface area contributed by atoms with E-state index in [9.17, 15) is 8.42 Å². The molecule has 0 saturated heterocycles. The number of pyridine rings is 1. The van der Waals surface area contributed by atoms with Crippen LogP contribution in [0, 0.1) is 0 Å². The van der Waals surface area contributed by atoms with Gasteiger partial charge in [0, 0.05) is 26.4 Å². The molecule has 1 aromatic rings. The third-order valence-corrected chi connectivity index (χ3v) is 5.22. The highest BCUT2D eigenvalue weighted by atomic mass is 32.2. The molecule has 106 valence electrons. The second-order valence-corrected chi connectivity index (χ2v) is 7.61. The number of anilines is 2. The van der Waals surface area contributed by atoms with Crippen LogP contribution in [-0.2, 0) is 9.84 Å². The maximum absolute atomic E-state index is 11.7. The van der Waals surface area contributed by atoms with Crippen LogP contribution in [0.1, 0.15) is 19.3 Å². The Morgan fingerprint density at radius 2 is 2.05 bits per heavy atom. The van der Waals surface area contributed by atoms with Crippen LogP contribution in [-0.4, -0.2) is 45.0 Å². The van der Waals surface area contributed by atoms with E-state index < -0.39 is 9.84 Å². The minimum atomic E-state index is -2.98. The van der Waals surface area contributed by atoms with Gasteiger partial charge in [0.15, 0.2) is 9.84 Å². The highest BCUT2D eigenvalue weighted by molar-refractivity contribution is 7.91. The van der Waals surface area contributed by atoms with Gasteiger partial charge in [0.05, 0.1) is 17.1 Å². The summed E-state index contributed by atoms with van der Waals surface area (Å²) in [5, 5.41) is 3.03. The molecule has 5 nitrogen and oxygen atoms in total. The Hall–Kier alpha value is -1.30. The van der Waals surface area contributed by atoms with Gasteiger partial charge in [-0.05, 0) is 31.4 Å². The molecule has 1 aliphatic carbocycles. The normalized spacial score (nSPS) is 23.3. The summed E-state index contributed by atoms with van der Waals surface area (Å²) >= 11 is 0. The van der Waals surface area contributed by atoms with Crippen molar-refractivity contribution in [2.24, 2.45) is 0 Å². The van der Waals surface area contributed by atoms with Crippen LogP contribution < -0.4 is 10.2 Å². The number of nitrogens with one attached hydrogen (secondary N) is 1. The monoisotopic (exact) mass is 283 g/mol. The SMILES string of the molecule is CN(C)c1ccc(NC2CCCC2S(C)(=O)=O)cn1. The van der Waals surface area contributed by atoms with Crippen LogP contribution >= 0.6 is 0 Å². The van der Waals surface area contributed by atoms with E-state index in [2.05, 4.69) is 10.3 Å². The van der Waals surface area contributed by atoms with E-state index in [1.54, 1.807) is 6.20 Å². The van der Waals surface area contributed by atoms with Crippen LogP contribution in [0.3, 0.4) is 0 Å². The molecule has 1 heterocycles. The lowest BCUT2D eigenvalue weighted by molar-refractivity contribution is 0.579. The molecule has 1 aliphatic rings. The Balaban J connectivity index is 2.08. The van der Waals surface area contributed by atoms with E-state index in [0.717, 1.165) is 30.8 Å². The van der Waals surface area contributed by atoms with E-state index in [0.29, 0.717) is 0 Å². The van der Waals surface area contributed by atoms with Gasteiger partial charge in [-0.1, -0.05) is 0 Å². The van der Waals surface area contributed by atoms with Crippen LogP contribution in [0.2, 0.25) is 0 Å². The van der Waals surface area contributed by atoms with Crippen LogP contribution in [0.25, 0.3) is 0 Å². The summed E-state index contributed by atoms with van der Waals surface area (Å²) in [5.41, 5.74) is 0.881. The molecule has 1 fully saturated rings. The van der Waals surface area contributed by atoms with Crippen molar-refractivity contribution in [3.63, 3.8) is 0 Å². The molecular weight excluding hydrogens is 262 g/mol.